The van der Waals surface area contributed by atoms with E-state index in [4.69, 9.17) is 0 Å². The summed E-state index contributed by atoms with van der Waals surface area (Å²) in [6.07, 6.45) is 2.42. The van der Waals surface area contributed by atoms with E-state index >= 15 is 0 Å². The SMILES string of the molecule is CCCC1C(=O)NC(C)(C)C(=O)N1CCc1cccs1. The number of carbonyl (C=O) groups is 2. The van der Waals surface area contributed by atoms with E-state index in [0.717, 1.165) is 19.3 Å². The Balaban J connectivity index is 2.14. The second kappa shape index (κ2) is 5.95. The van der Waals surface area contributed by atoms with Crippen molar-refractivity contribution in [3.63, 3.8) is 0 Å². The molecule has 0 aliphatic carbocycles. The van der Waals surface area contributed by atoms with Gasteiger partial charge in [0.25, 0.3) is 0 Å². The Morgan fingerprint density at radius 2 is 2.15 bits per heavy atom. The molecule has 1 saturated heterocycles. The van der Waals surface area contributed by atoms with Crippen LogP contribution in [0.15, 0.2) is 17.5 Å². The van der Waals surface area contributed by atoms with Crippen molar-refractivity contribution in [1.82, 2.24) is 10.2 Å². The van der Waals surface area contributed by atoms with Gasteiger partial charge in [-0.1, -0.05) is 19.4 Å². The third-order valence-electron chi connectivity index (χ3n) is 3.65. The highest BCUT2D eigenvalue weighted by molar-refractivity contribution is 7.09. The van der Waals surface area contributed by atoms with Gasteiger partial charge in [0.1, 0.15) is 11.6 Å². The van der Waals surface area contributed by atoms with Crippen LogP contribution in [-0.2, 0) is 16.0 Å². The van der Waals surface area contributed by atoms with Gasteiger partial charge in [0.15, 0.2) is 0 Å². The lowest BCUT2D eigenvalue weighted by atomic mass is 9.94. The first-order valence-corrected chi connectivity index (χ1v) is 7.99. The summed E-state index contributed by atoms with van der Waals surface area (Å²) in [5.41, 5.74) is -0.795. The number of piperazine rings is 1. The Labute approximate surface area is 124 Å². The zero-order valence-electron chi connectivity index (χ0n) is 12.3. The number of nitrogens with one attached hydrogen (secondary N) is 1. The zero-order chi connectivity index (χ0) is 14.8. The second-order valence-corrected chi connectivity index (χ2v) is 6.78. The Kier molecular flexibility index (Phi) is 4.48. The van der Waals surface area contributed by atoms with Crippen LogP contribution in [-0.4, -0.2) is 34.8 Å². The average molecular weight is 294 g/mol. The smallest absolute Gasteiger partial charge is 0.248 e. The topological polar surface area (TPSA) is 49.4 Å². The van der Waals surface area contributed by atoms with Gasteiger partial charge in [-0.2, -0.15) is 0 Å². The molecule has 2 amide bonds. The Bertz CT molecular complexity index is 482. The molecule has 1 N–H and O–H groups in total. The van der Waals surface area contributed by atoms with Crippen LogP contribution in [0.2, 0.25) is 0 Å². The van der Waals surface area contributed by atoms with E-state index in [-0.39, 0.29) is 17.9 Å². The molecule has 1 aliphatic heterocycles. The molecule has 0 bridgehead atoms. The molecule has 1 atom stereocenters. The Morgan fingerprint density at radius 3 is 2.75 bits per heavy atom. The average Bonchev–Trinajstić information content (AvgIpc) is 2.88. The Morgan fingerprint density at radius 1 is 1.40 bits per heavy atom. The largest absolute Gasteiger partial charge is 0.340 e. The lowest BCUT2D eigenvalue weighted by Gasteiger charge is -2.42. The monoisotopic (exact) mass is 294 g/mol. The fraction of sp³-hybridized carbons (Fsp3) is 0.600. The number of thiophene rings is 1. The highest BCUT2D eigenvalue weighted by atomic mass is 32.1. The summed E-state index contributed by atoms with van der Waals surface area (Å²) in [6, 6.07) is 3.76. The third-order valence-corrected chi connectivity index (χ3v) is 4.59. The van der Waals surface area contributed by atoms with Crippen molar-refractivity contribution < 1.29 is 9.59 Å². The van der Waals surface area contributed by atoms with Crippen LogP contribution in [0.1, 0.15) is 38.5 Å². The predicted octanol–water partition coefficient (Wildman–Crippen LogP) is 2.20. The van der Waals surface area contributed by atoms with E-state index in [0.29, 0.717) is 6.54 Å². The summed E-state index contributed by atoms with van der Waals surface area (Å²) >= 11 is 1.69. The van der Waals surface area contributed by atoms with Gasteiger partial charge in [-0.3, -0.25) is 9.59 Å². The summed E-state index contributed by atoms with van der Waals surface area (Å²) < 4.78 is 0. The highest BCUT2D eigenvalue weighted by Gasteiger charge is 2.44. The minimum absolute atomic E-state index is 0.0205. The van der Waals surface area contributed by atoms with Crippen molar-refractivity contribution in [2.24, 2.45) is 0 Å². The van der Waals surface area contributed by atoms with E-state index in [1.165, 1.54) is 4.88 Å². The van der Waals surface area contributed by atoms with Gasteiger partial charge < -0.3 is 10.2 Å². The van der Waals surface area contributed by atoms with Crippen LogP contribution in [0.4, 0.5) is 0 Å². The molecule has 1 unspecified atom stereocenters. The number of amides is 2. The van der Waals surface area contributed by atoms with Gasteiger partial charge in [0, 0.05) is 11.4 Å². The minimum Gasteiger partial charge on any atom is -0.340 e. The summed E-state index contributed by atoms with van der Waals surface area (Å²) in [6.45, 7) is 6.19. The fourth-order valence-corrected chi connectivity index (χ4v) is 3.29. The molecule has 1 aliphatic rings. The van der Waals surface area contributed by atoms with Crippen molar-refractivity contribution in [3.8, 4) is 0 Å². The molecule has 2 rings (SSSR count). The van der Waals surface area contributed by atoms with E-state index in [2.05, 4.69) is 11.4 Å². The van der Waals surface area contributed by atoms with Crippen LogP contribution >= 0.6 is 11.3 Å². The fourth-order valence-electron chi connectivity index (χ4n) is 2.59. The van der Waals surface area contributed by atoms with E-state index in [9.17, 15) is 9.59 Å². The summed E-state index contributed by atoms with van der Waals surface area (Å²) in [7, 11) is 0. The third kappa shape index (κ3) is 3.03. The van der Waals surface area contributed by atoms with Gasteiger partial charge in [-0.15, -0.1) is 11.3 Å². The van der Waals surface area contributed by atoms with Crippen molar-refractivity contribution in [1.29, 1.82) is 0 Å². The van der Waals surface area contributed by atoms with Crippen molar-refractivity contribution in [2.75, 3.05) is 6.54 Å². The lowest BCUT2D eigenvalue weighted by molar-refractivity contribution is -0.153. The standard InChI is InChI=1S/C15H22N2O2S/c1-4-6-12-13(18)16-15(2,3)14(19)17(12)9-8-11-7-5-10-20-11/h5,7,10,12H,4,6,8-9H2,1-3H3,(H,16,18). The molecule has 0 saturated carbocycles. The van der Waals surface area contributed by atoms with Crippen molar-refractivity contribution >= 4 is 23.2 Å². The number of hydrogen-bond acceptors (Lipinski definition) is 3. The van der Waals surface area contributed by atoms with Crippen LogP contribution in [0, 0.1) is 0 Å². The zero-order valence-corrected chi connectivity index (χ0v) is 13.1. The quantitative estimate of drug-likeness (QED) is 0.905. The van der Waals surface area contributed by atoms with Crippen LogP contribution in [0.3, 0.4) is 0 Å². The predicted molar refractivity (Wildman–Crippen MR) is 80.7 cm³/mol. The molecule has 0 radical (unpaired) electrons. The number of hydrogen-bond donors (Lipinski definition) is 1. The molecule has 5 heteroatoms. The molecule has 1 aromatic rings. The van der Waals surface area contributed by atoms with Gasteiger partial charge in [0.05, 0.1) is 0 Å². The normalized spacial score (nSPS) is 21.9. The van der Waals surface area contributed by atoms with E-state index in [1.54, 1.807) is 30.1 Å². The van der Waals surface area contributed by atoms with E-state index in [1.807, 2.05) is 18.4 Å². The van der Waals surface area contributed by atoms with Crippen LogP contribution in [0.5, 0.6) is 0 Å². The summed E-state index contributed by atoms with van der Waals surface area (Å²) in [5, 5.41) is 4.87. The molecule has 2 heterocycles. The summed E-state index contributed by atoms with van der Waals surface area (Å²) in [4.78, 5) is 27.8. The molecule has 0 spiro atoms. The first-order valence-electron chi connectivity index (χ1n) is 7.11. The summed E-state index contributed by atoms with van der Waals surface area (Å²) in [5.74, 6) is -0.00487. The van der Waals surface area contributed by atoms with E-state index < -0.39 is 5.54 Å². The molecular weight excluding hydrogens is 272 g/mol. The highest BCUT2D eigenvalue weighted by Crippen LogP contribution is 2.22. The van der Waals surface area contributed by atoms with Crippen molar-refractivity contribution in [3.05, 3.63) is 22.4 Å². The second-order valence-electron chi connectivity index (χ2n) is 5.75. The number of carbonyl (C=O) groups excluding carboxylic acids is 2. The van der Waals surface area contributed by atoms with Crippen LogP contribution < -0.4 is 5.32 Å². The Hall–Kier alpha value is -1.36. The van der Waals surface area contributed by atoms with Gasteiger partial charge in [-0.05, 0) is 38.1 Å². The van der Waals surface area contributed by atoms with Gasteiger partial charge >= 0.3 is 0 Å². The molecule has 1 fully saturated rings. The van der Waals surface area contributed by atoms with Gasteiger partial charge in [-0.25, -0.2) is 0 Å². The van der Waals surface area contributed by atoms with Crippen LogP contribution in [0.25, 0.3) is 0 Å². The lowest BCUT2D eigenvalue weighted by Crippen LogP contribution is -2.68. The molecule has 110 valence electrons. The molecule has 1 aromatic heterocycles. The molecule has 4 nitrogen and oxygen atoms in total. The first kappa shape index (κ1) is 15.0. The number of nitrogens with zero attached hydrogens (tertiary/aromatic N) is 1. The first-order chi connectivity index (χ1) is 9.45. The van der Waals surface area contributed by atoms with Crippen molar-refractivity contribution in [2.45, 2.75) is 51.6 Å². The molecular formula is C15H22N2O2S. The maximum Gasteiger partial charge on any atom is 0.248 e. The molecule has 20 heavy (non-hydrogen) atoms. The minimum atomic E-state index is -0.795. The van der Waals surface area contributed by atoms with Gasteiger partial charge in [0.2, 0.25) is 11.8 Å². The number of rotatable bonds is 5. The maximum absolute atomic E-state index is 12.6. The molecule has 0 aromatic carbocycles. The maximum atomic E-state index is 12.6.